The van der Waals surface area contributed by atoms with Crippen molar-refractivity contribution < 1.29 is 14.3 Å². The van der Waals surface area contributed by atoms with Gasteiger partial charge in [0.05, 0.1) is 6.61 Å². The van der Waals surface area contributed by atoms with E-state index in [4.69, 9.17) is 32.7 Å². The molecule has 0 bridgehead atoms. The van der Waals surface area contributed by atoms with Gasteiger partial charge in [-0.2, -0.15) is 0 Å². The van der Waals surface area contributed by atoms with Gasteiger partial charge < -0.3 is 14.8 Å². The summed E-state index contributed by atoms with van der Waals surface area (Å²) >= 11 is 12.0. The Balaban J connectivity index is 1.79. The van der Waals surface area contributed by atoms with Crippen molar-refractivity contribution in [3.05, 3.63) is 87.9 Å². The highest BCUT2D eigenvalue weighted by atomic mass is 35.5. The lowest BCUT2D eigenvalue weighted by molar-refractivity contribution is 0.102. The van der Waals surface area contributed by atoms with E-state index in [1.165, 1.54) is 0 Å². The number of carbonyl (C=O) groups is 1. The van der Waals surface area contributed by atoms with Gasteiger partial charge in [-0.05, 0) is 55.5 Å². The van der Waals surface area contributed by atoms with E-state index in [9.17, 15) is 4.79 Å². The lowest BCUT2D eigenvalue weighted by Gasteiger charge is -2.13. The Morgan fingerprint density at radius 2 is 1.64 bits per heavy atom. The van der Waals surface area contributed by atoms with Gasteiger partial charge in [0.1, 0.15) is 18.1 Å². The fourth-order valence-electron chi connectivity index (χ4n) is 2.64. The molecule has 0 unspecified atom stereocenters. The van der Waals surface area contributed by atoms with E-state index in [2.05, 4.69) is 5.32 Å². The van der Waals surface area contributed by atoms with Gasteiger partial charge in [-0.1, -0.05) is 41.4 Å². The van der Waals surface area contributed by atoms with E-state index in [0.29, 0.717) is 33.7 Å². The smallest absolute Gasteiger partial charge is 0.255 e. The number of hydrogen-bond acceptors (Lipinski definition) is 3. The van der Waals surface area contributed by atoms with Crippen LogP contribution in [0.15, 0.2) is 66.7 Å². The highest BCUT2D eigenvalue weighted by Gasteiger charge is 2.12. The molecule has 28 heavy (non-hydrogen) atoms. The van der Waals surface area contributed by atoms with Gasteiger partial charge in [0.25, 0.3) is 5.91 Å². The molecule has 144 valence electrons. The van der Waals surface area contributed by atoms with E-state index in [1.807, 2.05) is 37.3 Å². The van der Waals surface area contributed by atoms with E-state index in [1.54, 1.807) is 36.4 Å². The predicted octanol–water partition coefficient (Wildman–Crippen LogP) is 6.22. The van der Waals surface area contributed by atoms with Crippen LogP contribution in [0.3, 0.4) is 0 Å². The monoisotopic (exact) mass is 415 g/mol. The first kappa shape index (κ1) is 20.1. The summed E-state index contributed by atoms with van der Waals surface area (Å²) in [7, 11) is 0. The molecule has 0 spiro atoms. The van der Waals surface area contributed by atoms with E-state index in [-0.39, 0.29) is 12.5 Å². The largest absolute Gasteiger partial charge is 0.493 e. The summed E-state index contributed by atoms with van der Waals surface area (Å²) in [5.41, 5.74) is 1.78. The van der Waals surface area contributed by atoms with E-state index >= 15 is 0 Å². The average molecular weight is 416 g/mol. The Labute approximate surface area is 174 Å². The van der Waals surface area contributed by atoms with Crippen LogP contribution >= 0.6 is 23.2 Å². The predicted molar refractivity (Wildman–Crippen MR) is 113 cm³/mol. The van der Waals surface area contributed by atoms with Crippen molar-refractivity contribution in [2.24, 2.45) is 0 Å². The van der Waals surface area contributed by atoms with Crippen LogP contribution in [0.2, 0.25) is 10.0 Å². The fourth-order valence-corrected chi connectivity index (χ4v) is 3.16. The normalized spacial score (nSPS) is 10.4. The maximum atomic E-state index is 12.7. The molecule has 3 aromatic carbocycles. The van der Waals surface area contributed by atoms with Crippen LogP contribution < -0.4 is 14.8 Å². The summed E-state index contributed by atoms with van der Waals surface area (Å²) in [4.78, 5) is 12.7. The summed E-state index contributed by atoms with van der Waals surface area (Å²) in [6.07, 6.45) is 0. The molecule has 1 N–H and O–H groups in total. The molecule has 1 amide bonds. The second kappa shape index (κ2) is 9.49. The Bertz CT molecular complexity index is 941. The molecule has 6 heteroatoms. The van der Waals surface area contributed by atoms with Gasteiger partial charge in [0, 0.05) is 26.9 Å². The molecular formula is C22H19Cl2NO3. The number of amides is 1. The molecule has 0 aromatic heterocycles. The maximum Gasteiger partial charge on any atom is 0.255 e. The number of rotatable bonds is 7. The van der Waals surface area contributed by atoms with Gasteiger partial charge in [-0.25, -0.2) is 0 Å². The second-order valence-corrected chi connectivity index (χ2v) is 6.84. The van der Waals surface area contributed by atoms with Crippen molar-refractivity contribution in [3.8, 4) is 11.5 Å². The molecule has 3 rings (SSSR count). The van der Waals surface area contributed by atoms with Crippen LogP contribution in [-0.4, -0.2) is 12.5 Å². The number of nitrogens with one attached hydrogen (secondary N) is 1. The highest BCUT2D eigenvalue weighted by Crippen LogP contribution is 2.25. The first-order valence-corrected chi connectivity index (χ1v) is 9.52. The van der Waals surface area contributed by atoms with Crippen LogP contribution in [0.25, 0.3) is 0 Å². The zero-order valence-electron chi connectivity index (χ0n) is 15.2. The topological polar surface area (TPSA) is 47.6 Å². The molecule has 0 heterocycles. The van der Waals surface area contributed by atoms with Crippen molar-refractivity contribution in [2.75, 3.05) is 11.9 Å². The van der Waals surface area contributed by atoms with Gasteiger partial charge in [-0.15, -0.1) is 0 Å². The van der Waals surface area contributed by atoms with Crippen molar-refractivity contribution >= 4 is 34.8 Å². The Hall–Kier alpha value is -2.69. The quantitative estimate of drug-likeness (QED) is 0.497. The van der Waals surface area contributed by atoms with Crippen molar-refractivity contribution in [1.82, 2.24) is 0 Å². The minimum Gasteiger partial charge on any atom is -0.493 e. The van der Waals surface area contributed by atoms with Crippen LogP contribution in [0.1, 0.15) is 22.8 Å². The zero-order valence-corrected chi connectivity index (χ0v) is 16.8. The fraction of sp³-hybridized carbons (Fsp3) is 0.136. The molecule has 0 saturated heterocycles. The number of ether oxygens (including phenoxy) is 2. The minimum absolute atomic E-state index is 0.276. The van der Waals surface area contributed by atoms with Crippen LogP contribution in [0, 0.1) is 0 Å². The van der Waals surface area contributed by atoms with Crippen LogP contribution in [0.5, 0.6) is 11.5 Å². The average Bonchev–Trinajstić information content (AvgIpc) is 2.67. The van der Waals surface area contributed by atoms with Crippen molar-refractivity contribution in [1.29, 1.82) is 0 Å². The number of halogens is 2. The molecule has 0 aliphatic rings. The first-order valence-electron chi connectivity index (χ1n) is 8.76. The van der Waals surface area contributed by atoms with Crippen LogP contribution in [0.4, 0.5) is 5.69 Å². The number of benzene rings is 3. The lowest BCUT2D eigenvalue weighted by atomic mass is 10.1. The number of para-hydroxylation sites is 1. The van der Waals surface area contributed by atoms with Gasteiger partial charge >= 0.3 is 0 Å². The first-order chi connectivity index (χ1) is 13.5. The third kappa shape index (κ3) is 5.41. The zero-order chi connectivity index (χ0) is 19.9. The molecule has 0 saturated carbocycles. The third-order valence-corrected chi connectivity index (χ3v) is 4.32. The van der Waals surface area contributed by atoms with Gasteiger partial charge in [0.2, 0.25) is 0 Å². The maximum absolute atomic E-state index is 12.7. The van der Waals surface area contributed by atoms with E-state index < -0.39 is 0 Å². The second-order valence-electron chi connectivity index (χ2n) is 5.97. The number of carbonyl (C=O) groups excluding carboxylic acids is 1. The molecule has 0 fully saturated rings. The molecule has 4 nitrogen and oxygen atoms in total. The molecular weight excluding hydrogens is 397 g/mol. The lowest BCUT2D eigenvalue weighted by Crippen LogP contribution is -2.13. The van der Waals surface area contributed by atoms with Gasteiger partial charge in [-0.3, -0.25) is 4.79 Å². The van der Waals surface area contributed by atoms with E-state index in [0.717, 1.165) is 11.3 Å². The number of hydrogen-bond donors (Lipinski definition) is 1. The summed E-state index contributed by atoms with van der Waals surface area (Å²) in [5, 5.41) is 3.70. The third-order valence-electron chi connectivity index (χ3n) is 3.88. The molecule has 0 aliphatic carbocycles. The number of anilines is 1. The Morgan fingerprint density at radius 1 is 0.929 bits per heavy atom. The molecule has 3 aromatic rings. The molecule has 0 aliphatic heterocycles. The highest BCUT2D eigenvalue weighted by molar-refractivity contribution is 6.35. The van der Waals surface area contributed by atoms with Crippen molar-refractivity contribution in [3.63, 3.8) is 0 Å². The summed E-state index contributed by atoms with van der Waals surface area (Å²) < 4.78 is 11.5. The SMILES string of the molecule is CCOc1ccc(C(=O)Nc2cc(Cl)cc(Cl)c2)cc1COc1ccccc1. The summed E-state index contributed by atoms with van der Waals surface area (Å²) in [6, 6.07) is 19.6. The molecule has 0 atom stereocenters. The molecule has 0 radical (unpaired) electrons. The standard InChI is InChI=1S/C22H19Cl2NO3/c1-2-27-21-9-8-15(10-16(21)14-28-20-6-4-3-5-7-20)22(26)25-19-12-17(23)11-18(24)13-19/h3-13H,2,14H2,1H3,(H,25,26). The summed E-state index contributed by atoms with van der Waals surface area (Å²) in [6.45, 7) is 2.71. The Kier molecular flexibility index (Phi) is 6.80. The van der Waals surface area contributed by atoms with Crippen LogP contribution in [-0.2, 0) is 6.61 Å². The summed E-state index contributed by atoms with van der Waals surface area (Å²) in [5.74, 6) is 1.15. The Morgan fingerprint density at radius 3 is 2.32 bits per heavy atom. The van der Waals surface area contributed by atoms with Gasteiger partial charge in [0.15, 0.2) is 0 Å². The minimum atomic E-state index is -0.276. The van der Waals surface area contributed by atoms with Crippen molar-refractivity contribution in [2.45, 2.75) is 13.5 Å².